The molecule has 0 radical (unpaired) electrons. The summed E-state index contributed by atoms with van der Waals surface area (Å²) >= 11 is 0. The van der Waals surface area contributed by atoms with E-state index in [9.17, 15) is 4.79 Å². The van der Waals surface area contributed by atoms with Crippen LogP contribution in [0.4, 0.5) is 0 Å². The highest BCUT2D eigenvalue weighted by Gasteiger charge is 2.14. The molecule has 0 rings (SSSR count). The fraction of sp³-hybridized carbons (Fsp3) is 0.974. The first kappa shape index (κ1) is 39.5. The zero-order valence-corrected chi connectivity index (χ0v) is 28.1. The highest BCUT2D eigenvalue weighted by molar-refractivity contribution is 5.76. The summed E-state index contributed by atoms with van der Waals surface area (Å²) in [6.07, 6.45) is 46.7. The summed E-state index contributed by atoms with van der Waals surface area (Å²) in [6.45, 7) is 4.59. The lowest BCUT2D eigenvalue weighted by atomic mass is 9.93. The van der Waals surface area contributed by atoms with Gasteiger partial charge >= 0.3 is 0 Å². The third-order valence-corrected chi connectivity index (χ3v) is 9.21. The van der Waals surface area contributed by atoms with Crippen molar-refractivity contribution >= 4 is 5.91 Å². The van der Waals surface area contributed by atoms with Crippen LogP contribution in [0.2, 0.25) is 0 Å². The molecule has 240 valence electrons. The Hall–Kier alpha value is -0.530. The molecule has 2 heteroatoms. The van der Waals surface area contributed by atoms with Gasteiger partial charge < -0.3 is 5.73 Å². The molecule has 0 aromatic carbocycles. The largest absolute Gasteiger partial charge is 0.369 e. The van der Waals surface area contributed by atoms with E-state index >= 15 is 0 Å². The fourth-order valence-corrected chi connectivity index (χ4v) is 6.31. The Morgan fingerprint density at radius 3 is 0.700 bits per heavy atom. The van der Waals surface area contributed by atoms with Crippen molar-refractivity contribution in [3.63, 3.8) is 0 Å². The minimum absolute atomic E-state index is 0.0538. The average Bonchev–Trinajstić information content (AvgIpc) is 2.95. The molecule has 0 aliphatic heterocycles. The Balaban J connectivity index is 3.37. The van der Waals surface area contributed by atoms with Crippen LogP contribution in [0, 0.1) is 5.92 Å². The predicted octanol–water partition coefficient (Wildman–Crippen LogP) is 13.4. The summed E-state index contributed by atoms with van der Waals surface area (Å²) in [7, 11) is 0. The van der Waals surface area contributed by atoms with Gasteiger partial charge in [0.2, 0.25) is 5.91 Å². The van der Waals surface area contributed by atoms with Crippen LogP contribution < -0.4 is 5.73 Å². The molecule has 0 saturated heterocycles. The molecule has 2 nitrogen and oxygen atoms in total. The van der Waals surface area contributed by atoms with Gasteiger partial charge in [0.1, 0.15) is 0 Å². The maximum atomic E-state index is 11.9. The summed E-state index contributed by atoms with van der Waals surface area (Å²) in [5.74, 6) is 0.0696. The second-order valence-corrected chi connectivity index (χ2v) is 13.3. The lowest BCUT2D eigenvalue weighted by molar-refractivity contribution is -0.122. The number of hydrogen-bond donors (Lipinski definition) is 1. The van der Waals surface area contributed by atoms with Crippen molar-refractivity contribution in [1.82, 2.24) is 0 Å². The lowest BCUT2D eigenvalue weighted by Gasteiger charge is -2.13. The van der Waals surface area contributed by atoms with Crippen LogP contribution in [-0.4, -0.2) is 5.91 Å². The fourth-order valence-electron chi connectivity index (χ4n) is 6.31. The molecule has 0 unspecified atom stereocenters. The summed E-state index contributed by atoms with van der Waals surface area (Å²) in [5.41, 5.74) is 5.73. The summed E-state index contributed by atoms with van der Waals surface area (Å²) in [4.78, 5) is 11.9. The van der Waals surface area contributed by atoms with Gasteiger partial charge in [-0.15, -0.1) is 0 Å². The van der Waals surface area contributed by atoms with Crippen molar-refractivity contribution < 1.29 is 4.79 Å². The maximum Gasteiger partial charge on any atom is 0.220 e. The van der Waals surface area contributed by atoms with Gasteiger partial charge in [0, 0.05) is 5.92 Å². The van der Waals surface area contributed by atoms with E-state index in [1.165, 1.54) is 205 Å². The lowest BCUT2D eigenvalue weighted by Crippen LogP contribution is -2.23. The summed E-state index contributed by atoms with van der Waals surface area (Å²) < 4.78 is 0. The first-order chi connectivity index (χ1) is 19.7. The normalized spacial score (nSPS) is 11.6. The number of carbonyl (C=O) groups excluding carboxylic acids is 1. The number of primary amides is 1. The topological polar surface area (TPSA) is 43.1 Å². The monoisotopic (exact) mass is 564 g/mol. The van der Waals surface area contributed by atoms with Crippen molar-refractivity contribution in [2.45, 2.75) is 232 Å². The van der Waals surface area contributed by atoms with Gasteiger partial charge in [-0.3, -0.25) is 4.79 Å². The molecule has 0 aliphatic carbocycles. The van der Waals surface area contributed by atoms with Crippen molar-refractivity contribution in [2.75, 3.05) is 0 Å². The molecule has 0 bridgehead atoms. The molecule has 0 fully saturated rings. The van der Waals surface area contributed by atoms with Gasteiger partial charge in [-0.1, -0.05) is 219 Å². The van der Waals surface area contributed by atoms with E-state index in [-0.39, 0.29) is 11.8 Å². The van der Waals surface area contributed by atoms with Gasteiger partial charge in [-0.05, 0) is 12.8 Å². The Kier molecular flexibility index (Phi) is 34.2. The number of carbonyl (C=O) groups is 1. The van der Waals surface area contributed by atoms with Crippen LogP contribution in [-0.2, 0) is 4.79 Å². The summed E-state index contributed by atoms with van der Waals surface area (Å²) in [5, 5.41) is 0. The second kappa shape index (κ2) is 34.7. The quantitative estimate of drug-likeness (QED) is 0.0765. The minimum Gasteiger partial charge on any atom is -0.369 e. The zero-order chi connectivity index (χ0) is 29.2. The molecule has 0 spiro atoms. The Morgan fingerprint density at radius 1 is 0.350 bits per heavy atom. The van der Waals surface area contributed by atoms with Crippen LogP contribution in [0.15, 0.2) is 0 Å². The zero-order valence-electron chi connectivity index (χ0n) is 28.1. The minimum atomic E-state index is -0.0538. The van der Waals surface area contributed by atoms with Crippen molar-refractivity contribution in [3.05, 3.63) is 0 Å². The van der Waals surface area contributed by atoms with Crippen LogP contribution in [0.5, 0.6) is 0 Å². The second-order valence-electron chi connectivity index (χ2n) is 13.3. The molecule has 2 N–H and O–H groups in total. The van der Waals surface area contributed by atoms with Crippen molar-refractivity contribution in [1.29, 1.82) is 0 Å². The van der Waals surface area contributed by atoms with Gasteiger partial charge in [-0.2, -0.15) is 0 Å². The molecule has 0 aromatic rings. The van der Waals surface area contributed by atoms with Crippen molar-refractivity contribution in [3.8, 4) is 0 Å². The van der Waals surface area contributed by atoms with E-state index in [0.29, 0.717) is 0 Å². The molecular weight excluding hydrogens is 486 g/mol. The first-order valence-corrected chi connectivity index (χ1v) is 19.0. The molecule has 0 heterocycles. The molecule has 40 heavy (non-hydrogen) atoms. The number of unbranched alkanes of at least 4 members (excludes halogenated alkanes) is 30. The number of amides is 1. The first-order valence-electron chi connectivity index (χ1n) is 19.0. The molecular formula is C38H77NO. The Labute approximate surface area is 254 Å². The maximum absolute atomic E-state index is 11.9. The van der Waals surface area contributed by atoms with E-state index < -0.39 is 0 Å². The van der Waals surface area contributed by atoms with E-state index in [4.69, 9.17) is 5.73 Å². The smallest absolute Gasteiger partial charge is 0.220 e. The Morgan fingerprint density at radius 2 is 0.525 bits per heavy atom. The van der Waals surface area contributed by atoms with Crippen LogP contribution in [0.25, 0.3) is 0 Å². The van der Waals surface area contributed by atoms with Gasteiger partial charge in [0.15, 0.2) is 0 Å². The molecule has 0 saturated carbocycles. The van der Waals surface area contributed by atoms with Crippen LogP contribution in [0.3, 0.4) is 0 Å². The van der Waals surface area contributed by atoms with Gasteiger partial charge in [-0.25, -0.2) is 0 Å². The van der Waals surface area contributed by atoms with E-state index in [2.05, 4.69) is 13.8 Å². The molecule has 0 atom stereocenters. The van der Waals surface area contributed by atoms with E-state index in [0.717, 1.165) is 12.8 Å². The third kappa shape index (κ3) is 32.0. The highest BCUT2D eigenvalue weighted by atomic mass is 16.1. The van der Waals surface area contributed by atoms with Crippen LogP contribution in [0.1, 0.15) is 232 Å². The SMILES string of the molecule is CCCCCCCCCCCCCCCCCCC(CCCCCCCCCCCCCCCCCC)C(N)=O. The highest BCUT2D eigenvalue weighted by Crippen LogP contribution is 2.20. The van der Waals surface area contributed by atoms with Gasteiger partial charge in [0.25, 0.3) is 0 Å². The third-order valence-electron chi connectivity index (χ3n) is 9.21. The summed E-state index contributed by atoms with van der Waals surface area (Å²) in [6, 6.07) is 0. The predicted molar refractivity (Wildman–Crippen MR) is 181 cm³/mol. The molecule has 0 aliphatic rings. The average molecular weight is 564 g/mol. The number of rotatable bonds is 35. The number of hydrogen-bond acceptors (Lipinski definition) is 1. The van der Waals surface area contributed by atoms with Crippen LogP contribution >= 0.6 is 0 Å². The van der Waals surface area contributed by atoms with Gasteiger partial charge in [0.05, 0.1) is 0 Å². The van der Waals surface area contributed by atoms with E-state index in [1.807, 2.05) is 0 Å². The van der Waals surface area contributed by atoms with E-state index in [1.54, 1.807) is 0 Å². The number of nitrogens with two attached hydrogens (primary N) is 1. The van der Waals surface area contributed by atoms with Crippen molar-refractivity contribution in [2.24, 2.45) is 11.7 Å². The molecule has 1 amide bonds. The standard InChI is InChI=1S/C38H77NO/c1-3-5-7-9-11-13-15-17-19-21-23-25-27-29-31-33-35-37(38(39)40)36-34-32-30-28-26-24-22-20-18-16-14-12-10-8-6-4-2/h37H,3-36H2,1-2H3,(H2,39,40). The molecule has 0 aromatic heterocycles. The Bertz CT molecular complexity index is 440.